The van der Waals surface area contributed by atoms with Gasteiger partial charge in [-0.1, -0.05) is 0 Å². The van der Waals surface area contributed by atoms with Crippen LogP contribution in [0.5, 0.6) is 17.2 Å². The normalized spacial score (nSPS) is 10.5. The minimum Gasteiger partial charge on any atom is -0.493 e. The van der Waals surface area contributed by atoms with Crippen LogP contribution < -0.4 is 24.8 Å². The van der Waals surface area contributed by atoms with Crippen LogP contribution in [0.3, 0.4) is 0 Å². The summed E-state index contributed by atoms with van der Waals surface area (Å²) in [4.78, 5) is 14.0. The topological polar surface area (TPSA) is 72.1 Å². The fraction of sp³-hybridized carbons (Fsp3) is 0.533. The zero-order valence-corrected chi connectivity index (χ0v) is 13.9. The van der Waals surface area contributed by atoms with Gasteiger partial charge in [-0.2, -0.15) is 0 Å². The fourth-order valence-corrected chi connectivity index (χ4v) is 1.86. The molecule has 7 heteroatoms. The molecule has 0 bridgehead atoms. The van der Waals surface area contributed by atoms with Crippen molar-refractivity contribution in [3.8, 4) is 17.2 Å². The molecule has 0 saturated carbocycles. The van der Waals surface area contributed by atoms with Crippen molar-refractivity contribution < 1.29 is 19.0 Å². The van der Waals surface area contributed by atoms with Gasteiger partial charge in [0.25, 0.3) is 0 Å². The van der Waals surface area contributed by atoms with Gasteiger partial charge in [-0.3, -0.25) is 4.79 Å². The lowest BCUT2D eigenvalue weighted by molar-refractivity contribution is -0.115. The van der Waals surface area contributed by atoms with E-state index < -0.39 is 0 Å². The number of methoxy groups -OCH3 is 3. The van der Waals surface area contributed by atoms with E-state index in [1.807, 2.05) is 19.0 Å². The van der Waals surface area contributed by atoms with Crippen LogP contribution in [0.4, 0.5) is 5.69 Å². The summed E-state index contributed by atoms with van der Waals surface area (Å²) in [5.74, 6) is 1.36. The van der Waals surface area contributed by atoms with Crippen molar-refractivity contribution in [3.63, 3.8) is 0 Å². The first-order valence-electron chi connectivity index (χ1n) is 6.97. The lowest BCUT2D eigenvalue weighted by Gasteiger charge is -2.15. The Morgan fingerprint density at radius 2 is 1.68 bits per heavy atom. The van der Waals surface area contributed by atoms with Gasteiger partial charge in [0.15, 0.2) is 11.5 Å². The molecule has 124 valence electrons. The largest absolute Gasteiger partial charge is 0.493 e. The molecule has 0 aromatic heterocycles. The van der Waals surface area contributed by atoms with E-state index in [0.717, 1.165) is 13.1 Å². The number of hydrogen-bond acceptors (Lipinski definition) is 6. The van der Waals surface area contributed by atoms with Gasteiger partial charge >= 0.3 is 0 Å². The van der Waals surface area contributed by atoms with Crippen LogP contribution in [-0.4, -0.2) is 65.9 Å². The number of rotatable bonds is 9. The Hall–Kier alpha value is -1.99. The molecule has 1 aromatic carbocycles. The standard InChI is InChI=1S/C15H25N3O4/c1-18(2)7-6-16-10-14(19)17-11-8-12(20-3)15(22-5)13(9-11)21-4/h8-9,16H,6-7,10H2,1-5H3,(H,17,19). The number of nitrogens with zero attached hydrogens (tertiary/aromatic N) is 1. The highest BCUT2D eigenvalue weighted by atomic mass is 16.5. The van der Waals surface area contributed by atoms with Crippen LogP contribution in [0.25, 0.3) is 0 Å². The van der Waals surface area contributed by atoms with E-state index in [9.17, 15) is 4.79 Å². The monoisotopic (exact) mass is 311 g/mol. The van der Waals surface area contributed by atoms with Crippen LogP contribution >= 0.6 is 0 Å². The predicted molar refractivity (Wildman–Crippen MR) is 86.2 cm³/mol. The van der Waals surface area contributed by atoms with Crippen molar-refractivity contribution in [3.05, 3.63) is 12.1 Å². The molecule has 0 spiro atoms. The van der Waals surface area contributed by atoms with Gasteiger partial charge in [-0.15, -0.1) is 0 Å². The molecule has 0 aliphatic carbocycles. The second kappa shape index (κ2) is 9.11. The highest BCUT2D eigenvalue weighted by molar-refractivity contribution is 5.93. The molecular weight excluding hydrogens is 286 g/mol. The first kappa shape index (κ1) is 18.1. The van der Waals surface area contributed by atoms with Gasteiger partial charge in [0.05, 0.1) is 27.9 Å². The molecule has 0 atom stereocenters. The Labute approximate surface area is 131 Å². The predicted octanol–water partition coefficient (Wildman–Crippen LogP) is 0.802. The molecule has 22 heavy (non-hydrogen) atoms. The SMILES string of the molecule is COc1cc(NC(=O)CNCCN(C)C)cc(OC)c1OC. The molecule has 0 unspecified atom stereocenters. The number of nitrogens with one attached hydrogen (secondary N) is 2. The molecule has 7 nitrogen and oxygen atoms in total. The van der Waals surface area contributed by atoms with Gasteiger partial charge in [0, 0.05) is 30.9 Å². The van der Waals surface area contributed by atoms with Crippen molar-refractivity contribution in [2.75, 3.05) is 60.4 Å². The zero-order chi connectivity index (χ0) is 16.5. The Balaban J connectivity index is 2.66. The maximum Gasteiger partial charge on any atom is 0.238 e. The van der Waals surface area contributed by atoms with Crippen LogP contribution in [0.1, 0.15) is 0 Å². The van der Waals surface area contributed by atoms with Crippen LogP contribution in [0.15, 0.2) is 12.1 Å². The van der Waals surface area contributed by atoms with E-state index >= 15 is 0 Å². The molecule has 1 aromatic rings. The molecule has 0 heterocycles. The highest BCUT2D eigenvalue weighted by Crippen LogP contribution is 2.39. The maximum atomic E-state index is 11.9. The number of benzene rings is 1. The molecular formula is C15H25N3O4. The van der Waals surface area contributed by atoms with E-state index in [0.29, 0.717) is 22.9 Å². The number of ether oxygens (including phenoxy) is 3. The van der Waals surface area contributed by atoms with Crippen molar-refractivity contribution >= 4 is 11.6 Å². The maximum absolute atomic E-state index is 11.9. The van der Waals surface area contributed by atoms with Gasteiger partial charge in [-0.05, 0) is 14.1 Å². The fourth-order valence-electron chi connectivity index (χ4n) is 1.86. The van der Waals surface area contributed by atoms with Gasteiger partial charge in [0.1, 0.15) is 0 Å². The molecule has 0 aliphatic heterocycles. The quantitative estimate of drug-likeness (QED) is 0.657. The zero-order valence-electron chi connectivity index (χ0n) is 13.9. The molecule has 0 fully saturated rings. The average Bonchev–Trinajstić information content (AvgIpc) is 2.50. The molecule has 1 amide bonds. The number of carbonyl (C=O) groups excluding carboxylic acids is 1. The minimum atomic E-state index is -0.131. The first-order chi connectivity index (χ1) is 10.5. The summed E-state index contributed by atoms with van der Waals surface area (Å²) in [6.45, 7) is 1.86. The number of hydrogen-bond donors (Lipinski definition) is 2. The summed E-state index contributed by atoms with van der Waals surface area (Å²) in [5.41, 5.74) is 0.592. The summed E-state index contributed by atoms with van der Waals surface area (Å²) in [5, 5.41) is 5.88. The number of likely N-dealkylation sites (N-methyl/N-ethyl adjacent to an activating group) is 1. The Bertz CT molecular complexity index is 467. The summed E-state index contributed by atoms with van der Waals surface area (Å²) in [7, 11) is 8.57. The number of carbonyl (C=O) groups is 1. The molecule has 0 radical (unpaired) electrons. The van der Waals surface area contributed by atoms with Crippen LogP contribution in [0, 0.1) is 0 Å². The van der Waals surface area contributed by atoms with E-state index in [-0.39, 0.29) is 12.5 Å². The van der Waals surface area contributed by atoms with E-state index in [4.69, 9.17) is 14.2 Å². The van der Waals surface area contributed by atoms with Crippen molar-refractivity contribution in [2.24, 2.45) is 0 Å². The molecule has 2 N–H and O–H groups in total. The van der Waals surface area contributed by atoms with E-state index in [1.165, 1.54) is 21.3 Å². The van der Waals surface area contributed by atoms with Crippen LogP contribution in [-0.2, 0) is 4.79 Å². The van der Waals surface area contributed by atoms with Gasteiger partial charge in [-0.25, -0.2) is 0 Å². The molecule has 0 saturated heterocycles. The third-order valence-electron chi connectivity index (χ3n) is 2.97. The lowest BCUT2D eigenvalue weighted by Crippen LogP contribution is -2.33. The van der Waals surface area contributed by atoms with E-state index in [2.05, 4.69) is 10.6 Å². The van der Waals surface area contributed by atoms with Gasteiger partial charge in [0.2, 0.25) is 11.7 Å². The first-order valence-corrected chi connectivity index (χ1v) is 6.97. The third kappa shape index (κ3) is 5.42. The Kier molecular flexibility index (Phi) is 7.48. The smallest absolute Gasteiger partial charge is 0.238 e. The second-order valence-electron chi connectivity index (χ2n) is 4.94. The highest BCUT2D eigenvalue weighted by Gasteiger charge is 2.14. The summed E-state index contributed by atoms with van der Waals surface area (Å²) >= 11 is 0. The third-order valence-corrected chi connectivity index (χ3v) is 2.97. The summed E-state index contributed by atoms with van der Waals surface area (Å²) in [6.07, 6.45) is 0. The molecule has 1 rings (SSSR count). The second-order valence-corrected chi connectivity index (χ2v) is 4.94. The Morgan fingerprint density at radius 1 is 1.09 bits per heavy atom. The minimum absolute atomic E-state index is 0.131. The lowest BCUT2D eigenvalue weighted by atomic mass is 10.2. The number of anilines is 1. The Morgan fingerprint density at radius 3 is 2.14 bits per heavy atom. The number of amides is 1. The molecule has 0 aliphatic rings. The van der Waals surface area contributed by atoms with Crippen LogP contribution in [0.2, 0.25) is 0 Å². The van der Waals surface area contributed by atoms with Crippen molar-refractivity contribution in [2.45, 2.75) is 0 Å². The summed E-state index contributed by atoms with van der Waals surface area (Å²) in [6, 6.07) is 3.39. The van der Waals surface area contributed by atoms with Crippen molar-refractivity contribution in [1.29, 1.82) is 0 Å². The van der Waals surface area contributed by atoms with Gasteiger partial charge < -0.3 is 29.7 Å². The summed E-state index contributed by atoms with van der Waals surface area (Å²) < 4.78 is 15.7. The van der Waals surface area contributed by atoms with Crippen molar-refractivity contribution in [1.82, 2.24) is 10.2 Å². The van der Waals surface area contributed by atoms with E-state index in [1.54, 1.807) is 12.1 Å². The average molecular weight is 311 g/mol.